The molecule has 2 heterocycles. The molecule has 1 aromatic rings. The van der Waals surface area contributed by atoms with Crippen molar-refractivity contribution in [3.8, 4) is 0 Å². The number of hydrogen-bond donors (Lipinski definition) is 1. The van der Waals surface area contributed by atoms with Crippen molar-refractivity contribution in [2.75, 3.05) is 6.54 Å². The van der Waals surface area contributed by atoms with E-state index in [0.717, 1.165) is 18.0 Å². The molecule has 60 valence electrons. The Bertz CT molecular complexity index is 204. The second kappa shape index (κ2) is 3.23. The lowest BCUT2D eigenvalue weighted by Crippen LogP contribution is -2.23. The number of hydrogen-bond acceptors (Lipinski definition) is 5. The highest BCUT2D eigenvalue weighted by Gasteiger charge is 2.15. The predicted octanol–water partition coefficient (Wildman–Crippen LogP) is 0.228. The largest absolute Gasteiger partial charge is 0.314 e. The molecule has 11 heavy (non-hydrogen) atoms. The molecule has 1 aromatic heterocycles. The first-order valence-electron chi connectivity index (χ1n) is 3.82. The lowest BCUT2D eigenvalue weighted by molar-refractivity contribution is 0.598. The van der Waals surface area contributed by atoms with Crippen LogP contribution in [0.2, 0.25) is 0 Å². The Morgan fingerprint density at radius 1 is 1.64 bits per heavy atom. The van der Waals surface area contributed by atoms with Gasteiger partial charge in [-0.2, -0.15) is 0 Å². The molecule has 2 rings (SSSR count). The van der Waals surface area contributed by atoms with Gasteiger partial charge >= 0.3 is 0 Å². The van der Waals surface area contributed by atoms with Crippen molar-refractivity contribution < 1.29 is 0 Å². The topological polar surface area (TPSA) is 50.7 Å². The Kier molecular flexibility index (Phi) is 2.09. The molecule has 1 saturated heterocycles. The molecule has 0 saturated carbocycles. The zero-order valence-corrected chi connectivity index (χ0v) is 6.97. The van der Waals surface area contributed by atoms with Crippen molar-refractivity contribution >= 4 is 11.5 Å². The number of nitrogens with zero attached hydrogens (tertiary/aromatic N) is 3. The molecule has 0 bridgehead atoms. The molecular formula is C6H10N4S. The van der Waals surface area contributed by atoms with Crippen LogP contribution in [0.5, 0.6) is 0 Å². The third-order valence-electron chi connectivity index (χ3n) is 1.92. The molecular weight excluding hydrogens is 160 g/mol. The molecule has 4 nitrogen and oxygen atoms in total. The van der Waals surface area contributed by atoms with E-state index in [1.54, 1.807) is 0 Å². The van der Waals surface area contributed by atoms with Gasteiger partial charge < -0.3 is 5.32 Å². The van der Waals surface area contributed by atoms with Crippen LogP contribution in [-0.4, -0.2) is 27.4 Å². The van der Waals surface area contributed by atoms with Gasteiger partial charge in [0.15, 0.2) is 0 Å². The van der Waals surface area contributed by atoms with E-state index >= 15 is 0 Å². The van der Waals surface area contributed by atoms with Crippen LogP contribution in [0.15, 0.2) is 0 Å². The van der Waals surface area contributed by atoms with Gasteiger partial charge in [-0.15, -0.1) is 5.10 Å². The normalized spacial score (nSPS) is 24.2. The van der Waals surface area contributed by atoms with Crippen LogP contribution in [0, 0.1) is 0 Å². The zero-order valence-electron chi connectivity index (χ0n) is 6.16. The lowest BCUT2D eigenvalue weighted by atomic mass is 10.2. The molecule has 0 aliphatic carbocycles. The predicted molar refractivity (Wildman–Crippen MR) is 42.4 cm³/mol. The summed E-state index contributed by atoms with van der Waals surface area (Å²) in [7, 11) is 0. The van der Waals surface area contributed by atoms with Crippen LogP contribution < -0.4 is 5.32 Å². The highest BCUT2D eigenvalue weighted by atomic mass is 32.1. The summed E-state index contributed by atoms with van der Waals surface area (Å²) in [4.78, 5) is 0. The molecule has 0 aromatic carbocycles. The minimum atomic E-state index is 0.616. The molecule has 1 N–H and O–H groups in total. The number of rotatable bonds is 2. The highest BCUT2D eigenvalue weighted by molar-refractivity contribution is 7.05. The fraction of sp³-hybridized carbons (Fsp3) is 0.833. The van der Waals surface area contributed by atoms with Crippen molar-refractivity contribution in [3.05, 3.63) is 5.01 Å². The fourth-order valence-electron chi connectivity index (χ4n) is 1.37. The lowest BCUT2D eigenvalue weighted by Gasteiger charge is -2.04. The fourth-order valence-corrected chi connectivity index (χ4v) is 1.89. The standard InChI is InChI=1S/C6H10N4S/c1-2-5(7-3-1)4-6-8-9-10-11-6/h5,7H,1-4H2. The van der Waals surface area contributed by atoms with Crippen molar-refractivity contribution in [2.45, 2.75) is 25.3 Å². The third-order valence-corrected chi connectivity index (χ3v) is 2.54. The van der Waals surface area contributed by atoms with E-state index in [1.807, 2.05) is 0 Å². The summed E-state index contributed by atoms with van der Waals surface area (Å²) in [5, 5.41) is 11.9. The van der Waals surface area contributed by atoms with E-state index in [0.29, 0.717) is 6.04 Å². The van der Waals surface area contributed by atoms with Crippen molar-refractivity contribution in [1.29, 1.82) is 0 Å². The molecule has 0 spiro atoms. The monoisotopic (exact) mass is 170 g/mol. The first kappa shape index (κ1) is 7.12. The quantitative estimate of drug-likeness (QED) is 0.690. The van der Waals surface area contributed by atoms with Crippen LogP contribution in [0.25, 0.3) is 0 Å². The first-order valence-corrected chi connectivity index (χ1v) is 4.60. The molecule has 1 unspecified atom stereocenters. The number of nitrogens with one attached hydrogen (secondary N) is 1. The van der Waals surface area contributed by atoms with E-state index in [2.05, 4.69) is 20.1 Å². The maximum Gasteiger partial charge on any atom is 0.139 e. The van der Waals surface area contributed by atoms with Gasteiger partial charge in [0.25, 0.3) is 0 Å². The van der Waals surface area contributed by atoms with Crippen LogP contribution in [0.4, 0.5) is 0 Å². The highest BCUT2D eigenvalue weighted by Crippen LogP contribution is 2.11. The Hall–Kier alpha value is -0.550. The summed E-state index contributed by atoms with van der Waals surface area (Å²) in [6, 6.07) is 0.616. The van der Waals surface area contributed by atoms with Gasteiger partial charge in [-0.25, -0.2) is 0 Å². The maximum atomic E-state index is 3.90. The summed E-state index contributed by atoms with van der Waals surface area (Å²) >= 11 is 1.40. The maximum absolute atomic E-state index is 3.90. The van der Waals surface area contributed by atoms with E-state index in [-0.39, 0.29) is 0 Å². The molecule has 5 heteroatoms. The molecule has 1 atom stereocenters. The van der Waals surface area contributed by atoms with Gasteiger partial charge in [0.2, 0.25) is 0 Å². The Morgan fingerprint density at radius 3 is 3.27 bits per heavy atom. The summed E-state index contributed by atoms with van der Waals surface area (Å²) in [5.74, 6) is 0. The smallest absolute Gasteiger partial charge is 0.139 e. The van der Waals surface area contributed by atoms with Crippen LogP contribution in [0.3, 0.4) is 0 Å². The van der Waals surface area contributed by atoms with Gasteiger partial charge in [-0.05, 0) is 24.6 Å². The van der Waals surface area contributed by atoms with Crippen molar-refractivity contribution in [3.63, 3.8) is 0 Å². The Labute approximate surface area is 69.2 Å². The SMILES string of the molecule is C1CNC(Cc2nnns2)C1. The molecule has 1 aliphatic rings. The van der Waals surface area contributed by atoms with Crippen molar-refractivity contribution in [2.24, 2.45) is 0 Å². The average Bonchev–Trinajstić information content (AvgIpc) is 2.60. The minimum absolute atomic E-state index is 0.616. The van der Waals surface area contributed by atoms with E-state index in [4.69, 9.17) is 0 Å². The molecule has 0 radical (unpaired) electrons. The molecule has 1 aliphatic heterocycles. The summed E-state index contributed by atoms with van der Waals surface area (Å²) < 4.78 is 3.72. The first-order chi connectivity index (χ1) is 5.45. The van der Waals surface area contributed by atoms with Gasteiger partial charge in [0.1, 0.15) is 5.01 Å². The Balaban J connectivity index is 1.90. The average molecular weight is 170 g/mol. The second-order valence-electron chi connectivity index (χ2n) is 2.75. The van der Waals surface area contributed by atoms with E-state index in [9.17, 15) is 0 Å². The summed E-state index contributed by atoms with van der Waals surface area (Å²) in [6.45, 7) is 1.15. The zero-order chi connectivity index (χ0) is 7.52. The Morgan fingerprint density at radius 2 is 2.64 bits per heavy atom. The van der Waals surface area contributed by atoms with E-state index in [1.165, 1.54) is 24.4 Å². The van der Waals surface area contributed by atoms with Gasteiger partial charge in [-0.3, -0.25) is 0 Å². The third kappa shape index (κ3) is 1.72. The summed E-state index contributed by atoms with van der Waals surface area (Å²) in [6.07, 6.45) is 3.55. The molecule has 1 fully saturated rings. The van der Waals surface area contributed by atoms with E-state index < -0.39 is 0 Å². The van der Waals surface area contributed by atoms with Crippen LogP contribution in [-0.2, 0) is 6.42 Å². The molecule has 0 amide bonds. The van der Waals surface area contributed by atoms with Crippen molar-refractivity contribution in [1.82, 2.24) is 20.1 Å². The minimum Gasteiger partial charge on any atom is -0.314 e. The number of aromatic nitrogens is 3. The second-order valence-corrected chi connectivity index (χ2v) is 3.57. The van der Waals surface area contributed by atoms with Gasteiger partial charge in [-0.1, -0.05) is 4.49 Å². The van der Waals surface area contributed by atoms with Gasteiger partial charge in [0, 0.05) is 24.0 Å². The van der Waals surface area contributed by atoms with Crippen LogP contribution in [0.1, 0.15) is 17.8 Å². The summed E-state index contributed by atoms with van der Waals surface area (Å²) in [5.41, 5.74) is 0. The van der Waals surface area contributed by atoms with Gasteiger partial charge in [0.05, 0.1) is 0 Å². The van der Waals surface area contributed by atoms with Crippen LogP contribution >= 0.6 is 11.5 Å².